The molecule has 2 aromatic heterocycles. The number of aromatic nitrogens is 4. The molecule has 6 heteroatoms. The molecule has 0 aliphatic heterocycles. The summed E-state index contributed by atoms with van der Waals surface area (Å²) in [5.74, 6) is 0. The minimum atomic E-state index is 0. The summed E-state index contributed by atoms with van der Waals surface area (Å²) in [6, 6.07) is 0. The summed E-state index contributed by atoms with van der Waals surface area (Å²) >= 11 is 0. The van der Waals surface area contributed by atoms with Crippen LogP contribution in [0.1, 0.15) is 7.43 Å². The first-order chi connectivity index (χ1) is 4.47. The molecule has 12 heavy (non-hydrogen) atoms. The van der Waals surface area contributed by atoms with E-state index in [-0.39, 0.29) is 38.9 Å². The molecule has 4 nitrogen and oxygen atoms in total. The van der Waals surface area contributed by atoms with Gasteiger partial charge in [-0.05, 0) is 0 Å². The monoisotopic (exact) mass is 245 g/mol. The first-order valence-corrected chi connectivity index (χ1v) is 2.56. The molecule has 0 bridgehead atoms. The van der Waals surface area contributed by atoms with Gasteiger partial charge in [-0.2, -0.15) is 13.5 Å². The van der Waals surface area contributed by atoms with E-state index >= 15 is 0 Å². The van der Waals surface area contributed by atoms with Crippen LogP contribution >= 0.6 is 13.5 Å². The Kier molecular flexibility index (Phi) is 7.04. The zero-order chi connectivity index (χ0) is 6.10. The summed E-state index contributed by atoms with van der Waals surface area (Å²) in [5, 5.41) is 0. The smallest absolute Gasteiger partial charge is 0.180 e. The molecule has 0 aromatic carbocycles. The third-order valence-corrected chi connectivity index (χ3v) is 1.10. The van der Waals surface area contributed by atoms with Gasteiger partial charge in [-0.3, -0.25) is 0 Å². The summed E-state index contributed by atoms with van der Waals surface area (Å²) in [7, 11) is 0. The Hall–Kier alpha value is -0.542. The number of aromatic amines is 1. The summed E-state index contributed by atoms with van der Waals surface area (Å²) in [6.45, 7) is 0. The van der Waals surface area contributed by atoms with Crippen molar-refractivity contribution < 1.29 is 0 Å². The second-order valence-corrected chi connectivity index (χ2v) is 1.66. The molecular weight excluding hydrogens is 235 g/mol. The second kappa shape index (κ2) is 6.03. The molecule has 0 saturated heterocycles. The van der Waals surface area contributed by atoms with E-state index in [9.17, 15) is 0 Å². The van der Waals surface area contributed by atoms with Crippen LogP contribution in [-0.4, -0.2) is 37.9 Å². The number of imidazole rings is 1. The number of fused-ring (bicyclic) bond motifs is 1. The van der Waals surface area contributed by atoms with Gasteiger partial charge in [0.15, 0.2) is 5.65 Å². The molecule has 2 rings (SSSR count). The van der Waals surface area contributed by atoms with Gasteiger partial charge in [0, 0.05) is 18.0 Å². The molecule has 0 unspecified atom stereocenters. The van der Waals surface area contributed by atoms with Crippen LogP contribution in [0, 0.1) is 0 Å². The third-order valence-electron chi connectivity index (χ3n) is 1.10. The average molecular weight is 245 g/mol. The zero-order valence-electron chi connectivity index (χ0n) is 5.52. The summed E-state index contributed by atoms with van der Waals surface area (Å²) in [5.41, 5.74) is 1.59. The minimum Gasteiger partial charge on any atom is -0.342 e. The molecular formula is C6H10AsN4S. The normalized spacial score (nSPS) is 7.67. The molecule has 3 radical (unpaired) electrons. The van der Waals surface area contributed by atoms with Crippen LogP contribution in [0.2, 0.25) is 0 Å². The van der Waals surface area contributed by atoms with Crippen molar-refractivity contribution in [3.05, 3.63) is 18.9 Å². The summed E-state index contributed by atoms with van der Waals surface area (Å²) in [4.78, 5) is 14.5. The molecule has 2 heterocycles. The van der Waals surface area contributed by atoms with Crippen LogP contribution in [-0.2, 0) is 0 Å². The van der Waals surface area contributed by atoms with Crippen molar-refractivity contribution in [1.82, 2.24) is 19.9 Å². The number of H-pyrrole nitrogens is 1. The van der Waals surface area contributed by atoms with Crippen LogP contribution in [0.15, 0.2) is 18.9 Å². The Morgan fingerprint density at radius 2 is 2.00 bits per heavy atom. The van der Waals surface area contributed by atoms with Gasteiger partial charge in [-0.1, -0.05) is 7.43 Å². The van der Waals surface area contributed by atoms with E-state index in [1.54, 1.807) is 12.5 Å². The van der Waals surface area contributed by atoms with E-state index in [1.807, 2.05) is 0 Å². The Labute approximate surface area is 89.0 Å². The Bertz CT molecular complexity index is 294. The number of rotatable bonds is 0. The standard InChI is InChI=1S/C5H4N4.CH4.As.H2S/c1-4-5(8-2-6-1)9-3-7-4;;;/h1-3H,(H,6,7,8,9);1H4;;1H2. The zero-order valence-corrected chi connectivity index (χ0v) is 8.40. The molecule has 2 aromatic rings. The van der Waals surface area contributed by atoms with Gasteiger partial charge in [0.1, 0.15) is 11.8 Å². The average Bonchev–Trinajstić information content (AvgIpc) is 2.33. The topological polar surface area (TPSA) is 54.5 Å². The molecule has 0 aliphatic carbocycles. The van der Waals surface area contributed by atoms with E-state index in [0.29, 0.717) is 5.65 Å². The first-order valence-electron chi connectivity index (χ1n) is 2.56. The van der Waals surface area contributed by atoms with E-state index in [4.69, 9.17) is 0 Å². The van der Waals surface area contributed by atoms with Crippen LogP contribution in [0.3, 0.4) is 0 Å². The van der Waals surface area contributed by atoms with Crippen molar-refractivity contribution >= 4 is 42.6 Å². The van der Waals surface area contributed by atoms with E-state index in [2.05, 4.69) is 19.9 Å². The Balaban J connectivity index is 0. The molecule has 0 saturated carbocycles. The molecule has 0 spiro atoms. The van der Waals surface area contributed by atoms with Gasteiger partial charge in [-0.25, -0.2) is 15.0 Å². The molecule has 0 aliphatic rings. The van der Waals surface area contributed by atoms with Gasteiger partial charge in [0.05, 0.1) is 12.5 Å². The summed E-state index contributed by atoms with van der Waals surface area (Å²) in [6.07, 6.45) is 4.76. The van der Waals surface area contributed by atoms with E-state index in [0.717, 1.165) is 5.52 Å². The van der Waals surface area contributed by atoms with Gasteiger partial charge in [0.25, 0.3) is 0 Å². The van der Waals surface area contributed by atoms with Crippen molar-refractivity contribution in [2.75, 3.05) is 0 Å². The van der Waals surface area contributed by atoms with Crippen LogP contribution in [0.25, 0.3) is 11.2 Å². The number of nitrogens with one attached hydrogen (secondary N) is 1. The van der Waals surface area contributed by atoms with Crippen molar-refractivity contribution in [2.45, 2.75) is 7.43 Å². The Morgan fingerprint density at radius 1 is 1.25 bits per heavy atom. The fourth-order valence-electron chi connectivity index (χ4n) is 0.691. The molecule has 1 N–H and O–H groups in total. The maximum absolute atomic E-state index is 3.91. The molecule has 0 atom stereocenters. The first kappa shape index (κ1) is 14.0. The predicted molar refractivity (Wildman–Crippen MR) is 54.5 cm³/mol. The van der Waals surface area contributed by atoms with Gasteiger partial charge >= 0.3 is 0 Å². The molecule has 65 valence electrons. The SMILES string of the molecule is C.S.[As].c1ncc2[nH]cnc2n1. The van der Waals surface area contributed by atoms with Crippen LogP contribution in [0.4, 0.5) is 0 Å². The van der Waals surface area contributed by atoms with Crippen molar-refractivity contribution in [3.8, 4) is 0 Å². The van der Waals surface area contributed by atoms with Gasteiger partial charge in [-0.15, -0.1) is 0 Å². The largest absolute Gasteiger partial charge is 0.342 e. The van der Waals surface area contributed by atoms with Crippen LogP contribution in [0.5, 0.6) is 0 Å². The molecule has 0 fully saturated rings. The quantitative estimate of drug-likeness (QED) is 0.696. The van der Waals surface area contributed by atoms with Crippen LogP contribution < -0.4 is 0 Å². The fraction of sp³-hybridized carbons (Fsp3) is 0.167. The van der Waals surface area contributed by atoms with Crippen molar-refractivity contribution in [2.24, 2.45) is 0 Å². The number of hydrogen-bond donors (Lipinski definition) is 1. The van der Waals surface area contributed by atoms with Crippen molar-refractivity contribution in [3.63, 3.8) is 0 Å². The Morgan fingerprint density at radius 3 is 2.67 bits per heavy atom. The minimum absolute atomic E-state index is 0. The maximum Gasteiger partial charge on any atom is 0.180 e. The number of hydrogen-bond acceptors (Lipinski definition) is 3. The molecule has 0 amide bonds. The summed E-state index contributed by atoms with van der Waals surface area (Å²) < 4.78 is 0. The van der Waals surface area contributed by atoms with E-state index < -0.39 is 0 Å². The third kappa shape index (κ3) is 2.50. The van der Waals surface area contributed by atoms with Gasteiger partial charge < -0.3 is 4.98 Å². The van der Waals surface area contributed by atoms with E-state index in [1.165, 1.54) is 6.33 Å². The van der Waals surface area contributed by atoms with Gasteiger partial charge in [0.2, 0.25) is 0 Å². The fourth-order valence-corrected chi connectivity index (χ4v) is 0.691. The maximum atomic E-state index is 3.91. The predicted octanol–water partition coefficient (Wildman–Crippen LogP) is 0.721. The number of nitrogens with zero attached hydrogens (tertiary/aromatic N) is 3. The van der Waals surface area contributed by atoms with Crippen molar-refractivity contribution in [1.29, 1.82) is 0 Å². The second-order valence-electron chi connectivity index (χ2n) is 1.66.